The second-order valence-corrected chi connectivity index (χ2v) is 7.86. The Hall–Kier alpha value is -2.73. The first-order chi connectivity index (χ1) is 14.4. The molecular weight excluding hydrogens is 404 g/mol. The van der Waals surface area contributed by atoms with Crippen molar-refractivity contribution in [1.29, 1.82) is 0 Å². The Bertz CT molecular complexity index is 947. The van der Waals surface area contributed by atoms with Crippen molar-refractivity contribution < 1.29 is 19.1 Å². The maximum absolute atomic E-state index is 12.9. The summed E-state index contributed by atoms with van der Waals surface area (Å²) in [5, 5.41) is 3.25. The maximum atomic E-state index is 12.9. The molecule has 0 aliphatic carbocycles. The number of nitrogens with one attached hydrogen (secondary N) is 1. The number of ether oxygens (including phenoxy) is 2. The lowest BCUT2D eigenvalue weighted by molar-refractivity contribution is -0.122. The fourth-order valence-corrected chi connectivity index (χ4v) is 3.91. The molecule has 2 aromatic carbocycles. The van der Waals surface area contributed by atoms with E-state index in [4.69, 9.17) is 21.1 Å². The first kappa shape index (κ1) is 22.0. The van der Waals surface area contributed by atoms with E-state index in [9.17, 15) is 9.59 Å². The quantitative estimate of drug-likeness (QED) is 0.680. The fourth-order valence-electron chi connectivity index (χ4n) is 3.68. The Morgan fingerprint density at radius 3 is 2.60 bits per heavy atom. The van der Waals surface area contributed by atoms with Gasteiger partial charge in [0.05, 0.1) is 30.8 Å². The highest BCUT2D eigenvalue weighted by Gasteiger charge is 2.36. The van der Waals surface area contributed by atoms with Crippen molar-refractivity contribution in [3.63, 3.8) is 0 Å². The van der Waals surface area contributed by atoms with Gasteiger partial charge in [0.1, 0.15) is 11.5 Å². The SMILES string of the molecule is CC[C@@H](C)c1ccccc1N1C[C@@H](C(=O)Nc2cc(OC)c(Cl)cc2OC)CC1=O. The summed E-state index contributed by atoms with van der Waals surface area (Å²) in [6.45, 7) is 4.60. The second-order valence-electron chi connectivity index (χ2n) is 7.45. The number of methoxy groups -OCH3 is 2. The third-order valence-electron chi connectivity index (χ3n) is 5.60. The van der Waals surface area contributed by atoms with Gasteiger partial charge in [-0.15, -0.1) is 0 Å². The normalized spacial score (nSPS) is 17.0. The molecule has 0 saturated carbocycles. The van der Waals surface area contributed by atoms with Crippen molar-refractivity contribution in [2.75, 3.05) is 31.0 Å². The highest BCUT2D eigenvalue weighted by Crippen LogP contribution is 2.37. The Morgan fingerprint density at radius 1 is 1.23 bits per heavy atom. The molecule has 2 aromatic rings. The smallest absolute Gasteiger partial charge is 0.229 e. The fraction of sp³-hybridized carbons (Fsp3) is 0.391. The van der Waals surface area contributed by atoms with E-state index in [2.05, 4.69) is 25.2 Å². The van der Waals surface area contributed by atoms with Crippen molar-refractivity contribution in [1.82, 2.24) is 0 Å². The summed E-state index contributed by atoms with van der Waals surface area (Å²) in [5.41, 5.74) is 2.46. The number of carbonyl (C=O) groups is 2. The number of carbonyl (C=O) groups excluding carboxylic acids is 2. The first-order valence-electron chi connectivity index (χ1n) is 10.0. The molecule has 1 N–H and O–H groups in total. The molecule has 0 aromatic heterocycles. The third kappa shape index (κ3) is 4.38. The van der Waals surface area contributed by atoms with Crippen LogP contribution in [-0.4, -0.2) is 32.6 Å². The van der Waals surface area contributed by atoms with Crippen LogP contribution in [0, 0.1) is 5.92 Å². The van der Waals surface area contributed by atoms with Crippen molar-refractivity contribution >= 4 is 34.8 Å². The summed E-state index contributed by atoms with van der Waals surface area (Å²) in [6.07, 6.45) is 1.13. The van der Waals surface area contributed by atoms with Crippen LogP contribution in [-0.2, 0) is 9.59 Å². The van der Waals surface area contributed by atoms with Crippen molar-refractivity contribution in [2.24, 2.45) is 5.92 Å². The minimum atomic E-state index is -0.464. The Balaban J connectivity index is 1.80. The number of halogens is 1. The van der Waals surface area contributed by atoms with Crippen LogP contribution < -0.4 is 19.7 Å². The number of anilines is 2. The van der Waals surface area contributed by atoms with E-state index in [0.717, 1.165) is 17.7 Å². The standard InChI is InChI=1S/C23H27ClN2O4/c1-5-14(2)16-8-6-7-9-19(16)26-13-15(10-22(26)27)23(28)25-18-12-20(29-3)17(24)11-21(18)30-4/h6-9,11-12,14-15H,5,10,13H2,1-4H3,(H,25,28)/t14-,15+/m1/s1. The van der Waals surface area contributed by atoms with Crippen LogP contribution in [0.5, 0.6) is 11.5 Å². The molecule has 1 fully saturated rings. The number of benzene rings is 2. The summed E-state index contributed by atoms with van der Waals surface area (Å²) in [7, 11) is 3.00. The lowest BCUT2D eigenvalue weighted by Crippen LogP contribution is -2.29. The third-order valence-corrected chi connectivity index (χ3v) is 5.89. The molecule has 6 nitrogen and oxygen atoms in total. The van der Waals surface area contributed by atoms with E-state index in [1.165, 1.54) is 14.2 Å². The minimum Gasteiger partial charge on any atom is -0.495 e. The number of hydrogen-bond acceptors (Lipinski definition) is 4. The topological polar surface area (TPSA) is 67.9 Å². The molecule has 0 bridgehead atoms. The highest BCUT2D eigenvalue weighted by atomic mass is 35.5. The van der Waals surface area contributed by atoms with Gasteiger partial charge in [0.25, 0.3) is 0 Å². The van der Waals surface area contributed by atoms with Crippen LogP contribution >= 0.6 is 11.6 Å². The number of para-hydroxylation sites is 1. The first-order valence-corrected chi connectivity index (χ1v) is 10.4. The molecule has 0 radical (unpaired) electrons. The number of rotatable bonds is 7. The van der Waals surface area contributed by atoms with Crippen LogP contribution in [0.2, 0.25) is 5.02 Å². The lowest BCUT2D eigenvalue weighted by atomic mass is 9.96. The van der Waals surface area contributed by atoms with Crippen LogP contribution in [0.15, 0.2) is 36.4 Å². The molecule has 0 unspecified atom stereocenters. The predicted octanol–water partition coefficient (Wildman–Crippen LogP) is 4.86. The van der Waals surface area contributed by atoms with Gasteiger partial charge in [0, 0.05) is 30.8 Å². The van der Waals surface area contributed by atoms with Crippen molar-refractivity contribution in [3.05, 3.63) is 47.0 Å². The molecule has 0 spiro atoms. The Kier molecular flexibility index (Phi) is 6.87. The maximum Gasteiger partial charge on any atom is 0.229 e. The number of nitrogens with zero attached hydrogens (tertiary/aromatic N) is 1. The predicted molar refractivity (Wildman–Crippen MR) is 119 cm³/mol. The molecule has 1 aliphatic rings. The molecule has 1 saturated heterocycles. The van der Waals surface area contributed by atoms with Gasteiger partial charge < -0.3 is 19.7 Å². The Labute approximate surface area is 182 Å². The summed E-state index contributed by atoms with van der Waals surface area (Å²) < 4.78 is 10.6. The van der Waals surface area contributed by atoms with E-state index in [-0.39, 0.29) is 18.2 Å². The van der Waals surface area contributed by atoms with E-state index >= 15 is 0 Å². The van der Waals surface area contributed by atoms with E-state index in [0.29, 0.717) is 34.7 Å². The summed E-state index contributed by atoms with van der Waals surface area (Å²) in [5.74, 6) is 0.430. The van der Waals surface area contributed by atoms with Crippen LogP contribution in [0.3, 0.4) is 0 Å². The molecule has 2 amide bonds. The average molecular weight is 431 g/mol. The molecule has 1 aliphatic heterocycles. The van der Waals surface area contributed by atoms with E-state index in [1.807, 2.05) is 18.2 Å². The molecule has 3 rings (SSSR count). The molecule has 1 heterocycles. The van der Waals surface area contributed by atoms with E-state index < -0.39 is 5.92 Å². The second kappa shape index (κ2) is 9.39. The Morgan fingerprint density at radius 2 is 1.93 bits per heavy atom. The van der Waals surface area contributed by atoms with Crippen molar-refractivity contribution in [3.8, 4) is 11.5 Å². The molecule has 30 heavy (non-hydrogen) atoms. The van der Waals surface area contributed by atoms with Gasteiger partial charge in [0.15, 0.2) is 0 Å². The van der Waals surface area contributed by atoms with Gasteiger partial charge in [-0.2, -0.15) is 0 Å². The average Bonchev–Trinajstić information content (AvgIpc) is 3.15. The zero-order chi connectivity index (χ0) is 21.8. The monoisotopic (exact) mass is 430 g/mol. The van der Waals surface area contributed by atoms with Crippen molar-refractivity contribution in [2.45, 2.75) is 32.6 Å². The van der Waals surface area contributed by atoms with Gasteiger partial charge in [-0.25, -0.2) is 0 Å². The van der Waals surface area contributed by atoms with Crippen LogP contribution in [0.4, 0.5) is 11.4 Å². The molecular formula is C23H27ClN2O4. The van der Waals surface area contributed by atoms with Gasteiger partial charge in [0.2, 0.25) is 11.8 Å². The minimum absolute atomic E-state index is 0.0495. The van der Waals surface area contributed by atoms with Crippen LogP contribution in [0.1, 0.15) is 38.2 Å². The van der Waals surface area contributed by atoms with E-state index in [1.54, 1.807) is 17.0 Å². The molecule has 2 atom stereocenters. The zero-order valence-corrected chi connectivity index (χ0v) is 18.5. The van der Waals surface area contributed by atoms with Gasteiger partial charge in [-0.05, 0) is 24.0 Å². The highest BCUT2D eigenvalue weighted by molar-refractivity contribution is 6.32. The summed E-state index contributed by atoms with van der Waals surface area (Å²) >= 11 is 6.13. The number of amides is 2. The summed E-state index contributed by atoms with van der Waals surface area (Å²) in [4.78, 5) is 27.4. The summed E-state index contributed by atoms with van der Waals surface area (Å²) in [6, 6.07) is 11.1. The molecule has 7 heteroatoms. The zero-order valence-electron chi connectivity index (χ0n) is 17.7. The molecule has 160 valence electrons. The number of hydrogen-bond donors (Lipinski definition) is 1. The lowest BCUT2D eigenvalue weighted by Gasteiger charge is -2.23. The van der Waals surface area contributed by atoms with Gasteiger partial charge >= 0.3 is 0 Å². The largest absolute Gasteiger partial charge is 0.495 e. The van der Waals surface area contributed by atoms with Crippen LogP contribution in [0.25, 0.3) is 0 Å². The van der Waals surface area contributed by atoms with Gasteiger partial charge in [-0.1, -0.05) is 43.6 Å². The van der Waals surface area contributed by atoms with Gasteiger partial charge in [-0.3, -0.25) is 9.59 Å².